The van der Waals surface area contributed by atoms with E-state index in [1.165, 1.54) is 31.1 Å². The van der Waals surface area contributed by atoms with Crippen molar-refractivity contribution in [2.24, 2.45) is 17.8 Å². The Labute approximate surface area is 80.5 Å². The summed E-state index contributed by atoms with van der Waals surface area (Å²) < 4.78 is 6.09. The van der Waals surface area contributed by atoms with E-state index >= 15 is 0 Å². The van der Waals surface area contributed by atoms with Crippen molar-refractivity contribution in [3.8, 4) is 0 Å². The summed E-state index contributed by atoms with van der Waals surface area (Å²) in [6.07, 6.45) is 2.77. The SMILES string of the molecule is O=C1OC2[CH]([Bi])C3CC1C2C3. The van der Waals surface area contributed by atoms with Gasteiger partial charge in [-0.1, -0.05) is 0 Å². The normalized spacial score (nSPS) is 58.6. The molecule has 5 atom stereocenters. The predicted molar refractivity (Wildman–Crippen MR) is 39.1 cm³/mol. The first-order chi connectivity index (χ1) is 5.27. The van der Waals surface area contributed by atoms with Crippen LogP contribution in [-0.4, -0.2) is 36.8 Å². The van der Waals surface area contributed by atoms with Crippen molar-refractivity contribution in [3.63, 3.8) is 0 Å². The molecule has 0 spiro atoms. The van der Waals surface area contributed by atoms with E-state index < -0.39 is 0 Å². The number of fused-ring (bicyclic) bond motifs is 1. The van der Waals surface area contributed by atoms with E-state index in [4.69, 9.17) is 4.74 Å². The van der Waals surface area contributed by atoms with Crippen molar-refractivity contribution in [2.75, 3.05) is 0 Å². The number of carbonyl (C=O) groups excluding carboxylic acids is 1. The predicted octanol–water partition coefficient (Wildman–Crippen LogP) is 0.525. The standard InChI is InChI=1S/C8H9O2.Bi/c9-8-6-2-4-1-5(6)7(3-4)10-8;/h3-7H,1-2H2;. The molecule has 0 N–H and O–H groups in total. The summed E-state index contributed by atoms with van der Waals surface area (Å²) in [6.45, 7) is 0. The molecule has 2 nitrogen and oxygen atoms in total. The Balaban J connectivity index is 2.04. The quantitative estimate of drug-likeness (QED) is 0.472. The minimum absolute atomic E-state index is 0.107. The Hall–Kier alpha value is 0.353. The van der Waals surface area contributed by atoms with Crippen molar-refractivity contribution in [1.29, 1.82) is 0 Å². The molecule has 2 saturated carbocycles. The second-order valence-electron chi connectivity index (χ2n) is 3.89. The zero-order valence-corrected chi connectivity index (χ0v) is 9.54. The van der Waals surface area contributed by atoms with Gasteiger partial charge in [0.2, 0.25) is 0 Å². The molecular weight excluding hydrogens is 337 g/mol. The summed E-state index contributed by atoms with van der Waals surface area (Å²) in [4.78, 5) is 11.2. The van der Waals surface area contributed by atoms with E-state index in [0.717, 1.165) is 16.0 Å². The third-order valence-electron chi connectivity index (χ3n) is 3.44. The van der Waals surface area contributed by atoms with E-state index in [1.54, 1.807) is 0 Å². The maximum absolute atomic E-state index is 11.2. The van der Waals surface area contributed by atoms with Crippen LogP contribution in [0.2, 0.25) is 3.63 Å². The summed E-state index contributed by atoms with van der Waals surface area (Å²) >= 11 is 1.41. The van der Waals surface area contributed by atoms with Gasteiger partial charge in [-0.3, -0.25) is 0 Å². The summed E-state index contributed by atoms with van der Waals surface area (Å²) in [5, 5.41) is 0. The van der Waals surface area contributed by atoms with Crippen LogP contribution in [0.15, 0.2) is 0 Å². The van der Waals surface area contributed by atoms with Crippen molar-refractivity contribution in [1.82, 2.24) is 0 Å². The van der Waals surface area contributed by atoms with Crippen LogP contribution >= 0.6 is 0 Å². The fourth-order valence-electron chi connectivity index (χ4n) is 2.92. The van der Waals surface area contributed by atoms with Crippen LogP contribution < -0.4 is 0 Å². The van der Waals surface area contributed by atoms with Crippen LogP contribution in [0.3, 0.4) is 0 Å². The first-order valence-electron chi connectivity index (χ1n) is 4.16. The Kier molecular flexibility index (Phi) is 1.23. The van der Waals surface area contributed by atoms with E-state index in [2.05, 4.69) is 0 Å². The number of rotatable bonds is 0. The maximum atomic E-state index is 11.2. The van der Waals surface area contributed by atoms with Gasteiger partial charge >= 0.3 is 80.5 Å². The number of hydrogen-bond donors (Lipinski definition) is 0. The summed E-state index contributed by atoms with van der Waals surface area (Å²) in [5.74, 6) is 1.89. The number of ether oxygens (including phenoxy) is 1. The molecule has 3 aliphatic rings. The zero-order chi connectivity index (χ0) is 7.59. The van der Waals surface area contributed by atoms with E-state index in [-0.39, 0.29) is 5.97 Å². The van der Waals surface area contributed by atoms with Crippen molar-refractivity contribution >= 4 is 30.7 Å². The molecule has 0 amide bonds. The topological polar surface area (TPSA) is 26.3 Å². The monoisotopic (exact) mass is 346 g/mol. The van der Waals surface area contributed by atoms with Gasteiger partial charge in [-0.15, -0.1) is 0 Å². The van der Waals surface area contributed by atoms with E-state index in [1.807, 2.05) is 0 Å². The van der Waals surface area contributed by atoms with Crippen LogP contribution in [-0.2, 0) is 9.53 Å². The molecule has 1 aliphatic heterocycles. The molecule has 0 aromatic carbocycles. The summed E-state index contributed by atoms with van der Waals surface area (Å²) in [5.41, 5.74) is 0. The average molecular weight is 346 g/mol. The Morgan fingerprint density at radius 2 is 2.27 bits per heavy atom. The fraction of sp³-hybridized carbons (Fsp3) is 0.875. The molecule has 0 aromatic rings. The van der Waals surface area contributed by atoms with Crippen molar-refractivity contribution in [3.05, 3.63) is 0 Å². The van der Waals surface area contributed by atoms with Gasteiger partial charge in [-0.25, -0.2) is 0 Å². The van der Waals surface area contributed by atoms with Crippen LogP contribution in [0.5, 0.6) is 0 Å². The molecule has 0 aromatic heterocycles. The molecule has 58 valence electrons. The van der Waals surface area contributed by atoms with Gasteiger partial charge in [0.1, 0.15) is 0 Å². The Morgan fingerprint density at radius 1 is 1.45 bits per heavy atom. The molecule has 2 aliphatic carbocycles. The Morgan fingerprint density at radius 3 is 2.91 bits per heavy atom. The molecule has 1 saturated heterocycles. The Bertz CT molecular complexity index is 228. The van der Waals surface area contributed by atoms with E-state index in [9.17, 15) is 4.79 Å². The molecule has 2 radical (unpaired) electrons. The van der Waals surface area contributed by atoms with E-state index in [0.29, 0.717) is 17.9 Å². The summed E-state index contributed by atoms with van der Waals surface area (Å²) in [7, 11) is 0. The molecule has 3 heteroatoms. The number of hydrogen-bond acceptors (Lipinski definition) is 2. The second-order valence-corrected chi connectivity index (χ2v) is 6.21. The van der Waals surface area contributed by atoms with Gasteiger partial charge in [0, 0.05) is 0 Å². The van der Waals surface area contributed by atoms with Gasteiger partial charge in [0.05, 0.1) is 0 Å². The molecule has 2 bridgehead atoms. The van der Waals surface area contributed by atoms with Crippen LogP contribution in [0, 0.1) is 17.8 Å². The second kappa shape index (κ2) is 1.99. The van der Waals surface area contributed by atoms with Crippen LogP contribution in [0.4, 0.5) is 0 Å². The summed E-state index contributed by atoms with van der Waals surface area (Å²) in [6, 6.07) is 0. The molecular formula is C8H9BiO2. The number of carbonyl (C=O) groups is 1. The third kappa shape index (κ3) is 0.690. The third-order valence-corrected chi connectivity index (χ3v) is 6.23. The van der Waals surface area contributed by atoms with Gasteiger partial charge in [0.15, 0.2) is 0 Å². The fourth-order valence-corrected chi connectivity index (χ4v) is 4.97. The zero-order valence-electron chi connectivity index (χ0n) is 6.06. The minimum atomic E-state index is 0.107. The molecule has 3 rings (SSSR count). The first-order valence-corrected chi connectivity index (χ1v) is 6.16. The average Bonchev–Trinajstić information content (AvgIpc) is 2.53. The first kappa shape index (κ1) is 6.82. The van der Waals surface area contributed by atoms with Gasteiger partial charge in [-0.05, 0) is 0 Å². The van der Waals surface area contributed by atoms with Crippen LogP contribution in [0.1, 0.15) is 12.8 Å². The van der Waals surface area contributed by atoms with Gasteiger partial charge < -0.3 is 0 Å². The van der Waals surface area contributed by atoms with Crippen molar-refractivity contribution < 1.29 is 9.53 Å². The van der Waals surface area contributed by atoms with Crippen molar-refractivity contribution in [2.45, 2.75) is 22.6 Å². The molecule has 11 heavy (non-hydrogen) atoms. The van der Waals surface area contributed by atoms with Gasteiger partial charge in [-0.2, -0.15) is 0 Å². The molecule has 5 unspecified atom stereocenters. The van der Waals surface area contributed by atoms with Crippen LogP contribution in [0.25, 0.3) is 0 Å². The number of esters is 1. The van der Waals surface area contributed by atoms with Gasteiger partial charge in [0.25, 0.3) is 0 Å². The molecule has 3 fully saturated rings. The molecule has 1 heterocycles.